The van der Waals surface area contributed by atoms with Crippen LogP contribution in [0, 0.1) is 6.92 Å². The Bertz CT molecular complexity index is 508. The fourth-order valence-electron chi connectivity index (χ4n) is 2.54. The highest BCUT2D eigenvalue weighted by Crippen LogP contribution is 2.17. The minimum Gasteiger partial charge on any atom is -0.368 e. The van der Waals surface area contributed by atoms with Crippen LogP contribution >= 0.6 is 0 Å². The Balaban J connectivity index is 1.80. The van der Waals surface area contributed by atoms with E-state index in [2.05, 4.69) is 41.4 Å². The molecule has 1 N–H and O–H groups in total. The van der Waals surface area contributed by atoms with E-state index in [4.69, 9.17) is 0 Å². The molecule has 1 saturated heterocycles. The van der Waals surface area contributed by atoms with Crippen molar-refractivity contribution in [3.05, 3.63) is 29.8 Å². The summed E-state index contributed by atoms with van der Waals surface area (Å²) in [5.41, 5.74) is 2.47. The van der Waals surface area contributed by atoms with Crippen LogP contribution in [0.4, 0.5) is 5.69 Å². The first kappa shape index (κ1) is 15.4. The van der Waals surface area contributed by atoms with Crippen LogP contribution < -0.4 is 10.2 Å². The van der Waals surface area contributed by atoms with Crippen molar-refractivity contribution >= 4 is 17.5 Å². The second kappa shape index (κ2) is 7.11. The zero-order valence-electron chi connectivity index (χ0n) is 12.8. The summed E-state index contributed by atoms with van der Waals surface area (Å²) in [4.78, 5) is 27.0. The van der Waals surface area contributed by atoms with Gasteiger partial charge in [0.25, 0.3) is 0 Å². The first-order valence-electron chi connectivity index (χ1n) is 7.40. The number of carbonyl (C=O) groups is 2. The Kier molecular flexibility index (Phi) is 5.20. The van der Waals surface area contributed by atoms with Crippen LogP contribution in [0.25, 0.3) is 0 Å². The van der Waals surface area contributed by atoms with Crippen molar-refractivity contribution < 1.29 is 9.59 Å². The summed E-state index contributed by atoms with van der Waals surface area (Å²) < 4.78 is 0. The SMILES string of the molecule is CC(=O)NCCC(=O)N1CCN(c2cccc(C)c2)CC1. The van der Waals surface area contributed by atoms with Gasteiger partial charge < -0.3 is 15.1 Å². The molecule has 0 saturated carbocycles. The number of aryl methyl sites for hydroxylation is 1. The summed E-state index contributed by atoms with van der Waals surface area (Å²) in [7, 11) is 0. The molecule has 2 rings (SSSR count). The highest BCUT2D eigenvalue weighted by atomic mass is 16.2. The molecule has 0 atom stereocenters. The first-order chi connectivity index (χ1) is 10.1. The molecule has 0 unspecified atom stereocenters. The zero-order valence-corrected chi connectivity index (χ0v) is 12.8. The molecule has 0 aliphatic carbocycles. The molecule has 1 aliphatic rings. The number of amides is 2. The van der Waals surface area contributed by atoms with Crippen LogP contribution in [0.3, 0.4) is 0 Å². The van der Waals surface area contributed by atoms with E-state index in [-0.39, 0.29) is 11.8 Å². The molecule has 1 aromatic carbocycles. The summed E-state index contributed by atoms with van der Waals surface area (Å²) >= 11 is 0. The molecule has 114 valence electrons. The molecule has 0 radical (unpaired) electrons. The van der Waals surface area contributed by atoms with Gasteiger partial charge in [-0.2, -0.15) is 0 Å². The summed E-state index contributed by atoms with van der Waals surface area (Å²) in [6.07, 6.45) is 0.379. The van der Waals surface area contributed by atoms with Crippen LogP contribution in [0.1, 0.15) is 18.9 Å². The molecule has 0 aromatic heterocycles. The molecule has 0 spiro atoms. The number of benzene rings is 1. The van der Waals surface area contributed by atoms with Gasteiger partial charge in [0.2, 0.25) is 11.8 Å². The molecule has 1 heterocycles. The van der Waals surface area contributed by atoms with Gasteiger partial charge in [-0.3, -0.25) is 9.59 Å². The minimum atomic E-state index is -0.0907. The van der Waals surface area contributed by atoms with Gasteiger partial charge >= 0.3 is 0 Å². The van der Waals surface area contributed by atoms with Crippen molar-refractivity contribution in [1.29, 1.82) is 0 Å². The normalized spacial score (nSPS) is 15.0. The van der Waals surface area contributed by atoms with Gasteiger partial charge in [-0.25, -0.2) is 0 Å². The van der Waals surface area contributed by atoms with Crippen LogP contribution in [0.5, 0.6) is 0 Å². The largest absolute Gasteiger partial charge is 0.368 e. The standard InChI is InChI=1S/C16H23N3O2/c1-13-4-3-5-15(12-13)18-8-10-19(11-9-18)16(21)6-7-17-14(2)20/h3-5,12H,6-11H2,1-2H3,(H,17,20). The molecule has 1 fully saturated rings. The Morgan fingerprint density at radius 1 is 1.19 bits per heavy atom. The van der Waals surface area contributed by atoms with E-state index in [1.807, 2.05) is 4.90 Å². The molecule has 0 bridgehead atoms. The lowest BCUT2D eigenvalue weighted by molar-refractivity contribution is -0.131. The van der Waals surface area contributed by atoms with Gasteiger partial charge in [-0.15, -0.1) is 0 Å². The second-order valence-electron chi connectivity index (χ2n) is 5.44. The Morgan fingerprint density at radius 3 is 2.52 bits per heavy atom. The van der Waals surface area contributed by atoms with E-state index in [0.717, 1.165) is 26.2 Å². The topological polar surface area (TPSA) is 52.7 Å². The number of nitrogens with one attached hydrogen (secondary N) is 1. The maximum atomic E-state index is 12.0. The third-order valence-electron chi connectivity index (χ3n) is 3.71. The van der Waals surface area contributed by atoms with E-state index < -0.39 is 0 Å². The summed E-state index contributed by atoms with van der Waals surface area (Å²) in [6, 6.07) is 8.44. The molecule has 5 heteroatoms. The molecule has 2 amide bonds. The van der Waals surface area contributed by atoms with E-state index in [1.54, 1.807) is 0 Å². The van der Waals surface area contributed by atoms with Gasteiger partial charge in [0.15, 0.2) is 0 Å². The van der Waals surface area contributed by atoms with Crippen molar-refractivity contribution in [2.45, 2.75) is 20.3 Å². The van der Waals surface area contributed by atoms with Crippen molar-refractivity contribution in [2.24, 2.45) is 0 Å². The Morgan fingerprint density at radius 2 is 1.90 bits per heavy atom. The zero-order chi connectivity index (χ0) is 15.2. The van der Waals surface area contributed by atoms with Crippen LogP contribution in [0.2, 0.25) is 0 Å². The molecule has 5 nitrogen and oxygen atoms in total. The quantitative estimate of drug-likeness (QED) is 0.905. The fourth-order valence-corrected chi connectivity index (χ4v) is 2.54. The smallest absolute Gasteiger partial charge is 0.224 e. The van der Waals surface area contributed by atoms with Crippen molar-refractivity contribution in [3.8, 4) is 0 Å². The summed E-state index contributed by atoms with van der Waals surface area (Å²) in [6.45, 7) is 7.17. The maximum absolute atomic E-state index is 12.0. The van der Waals surface area contributed by atoms with Crippen molar-refractivity contribution in [2.75, 3.05) is 37.6 Å². The molecule has 1 aliphatic heterocycles. The number of carbonyl (C=O) groups excluding carboxylic acids is 2. The highest BCUT2D eigenvalue weighted by Gasteiger charge is 2.20. The molecule has 21 heavy (non-hydrogen) atoms. The predicted octanol–water partition coefficient (Wildman–Crippen LogP) is 1.17. The number of hydrogen-bond donors (Lipinski definition) is 1. The van der Waals surface area contributed by atoms with Gasteiger partial charge in [0.05, 0.1) is 0 Å². The third kappa shape index (κ3) is 4.48. The first-order valence-corrected chi connectivity index (χ1v) is 7.40. The van der Waals surface area contributed by atoms with Gasteiger partial charge in [0.1, 0.15) is 0 Å². The van der Waals surface area contributed by atoms with Crippen LogP contribution in [-0.4, -0.2) is 49.4 Å². The van der Waals surface area contributed by atoms with Crippen LogP contribution in [0.15, 0.2) is 24.3 Å². The van der Waals surface area contributed by atoms with Gasteiger partial charge in [-0.05, 0) is 24.6 Å². The molecule has 1 aromatic rings. The van der Waals surface area contributed by atoms with Crippen molar-refractivity contribution in [3.63, 3.8) is 0 Å². The van der Waals surface area contributed by atoms with Crippen molar-refractivity contribution in [1.82, 2.24) is 10.2 Å². The number of nitrogens with zero attached hydrogens (tertiary/aromatic N) is 2. The predicted molar refractivity (Wildman–Crippen MR) is 83.3 cm³/mol. The average molecular weight is 289 g/mol. The van der Waals surface area contributed by atoms with Crippen LogP contribution in [-0.2, 0) is 9.59 Å². The molecular formula is C16H23N3O2. The summed E-state index contributed by atoms with van der Waals surface area (Å²) in [5, 5.41) is 2.66. The highest BCUT2D eigenvalue weighted by molar-refractivity contribution is 5.78. The van der Waals surface area contributed by atoms with E-state index >= 15 is 0 Å². The van der Waals surface area contributed by atoms with E-state index in [0.29, 0.717) is 13.0 Å². The number of rotatable bonds is 4. The number of anilines is 1. The second-order valence-corrected chi connectivity index (χ2v) is 5.44. The third-order valence-corrected chi connectivity index (χ3v) is 3.71. The van der Waals surface area contributed by atoms with Gasteiger partial charge in [-0.1, -0.05) is 12.1 Å². The monoisotopic (exact) mass is 289 g/mol. The fraction of sp³-hybridized carbons (Fsp3) is 0.500. The number of piperazine rings is 1. The maximum Gasteiger partial charge on any atom is 0.224 e. The lowest BCUT2D eigenvalue weighted by Gasteiger charge is -2.36. The lowest BCUT2D eigenvalue weighted by atomic mass is 10.2. The lowest BCUT2D eigenvalue weighted by Crippen LogP contribution is -2.49. The van der Waals surface area contributed by atoms with Gasteiger partial charge in [0, 0.05) is 51.8 Å². The number of hydrogen-bond acceptors (Lipinski definition) is 3. The minimum absolute atomic E-state index is 0.0907. The Labute approximate surface area is 125 Å². The van der Waals surface area contributed by atoms with E-state index in [1.165, 1.54) is 18.2 Å². The van der Waals surface area contributed by atoms with E-state index in [9.17, 15) is 9.59 Å². The molecular weight excluding hydrogens is 266 g/mol. The average Bonchev–Trinajstić information content (AvgIpc) is 2.47. The Hall–Kier alpha value is -2.04. The summed E-state index contributed by atoms with van der Waals surface area (Å²) in [5.74, 6) is 0.0275.